The number of aromatic nitrogens is 2. The summed E-state index contributed by atoms with van der Waals surface area (Å²) in [7, 11) is 0. The molecule has 4 rings (SSSR count). The molecule has 0 bridgehead atoms. The van der Waals surface area contributed by atoms with Crippen LogP contribution in [-0.4, -0.2) is 30.5 Å². The highest BCUT2D eigenvalue weighted by molar-refractivity contribution is 9.10. The van der Waals surface area contributed by atoms with Gasteiger partial charge in [-0.2, -0.15) is 0 Å². The lowest BCUT2D eigenvalue weighted by Gasteiger charge is -2.09. The Balaban J connectivity index is 2.02. The number of halogens is 1. The van der Waals surface area contributed by atoms with E-state index in [2.05, 4.69) is 20.9 Å². The molecule has 0 spiro atoms. The molecule has 2 N–H and O–H groups in total. The number of carbonyl (C=O) groups excluding carboxylic acids is 1. The number of carbonyl (C=O) groups is 1. The summed E-state index contributed by atoms with van der Waals surface area (Å²) in [6.07, 6.45) is 1.50. The number of nitro benzene ring substituents is 1. The summed E-state index contributed by atoms with van der Waals surface area (Å²) in [6, 6.07) is 12.1. The predicted octanol–water partition coefficient (Wildman–Crippen LogP) is 4.91. The van der Waals surface area contributed by atoms with Gasteiger partial charge in [-0.3, -0.25) is 19.5 Å². The lowest BCUT2D eigenvalue weighted by molar-refractivity contribution is -0.384. The van der Waals surface area contributed by atoms with E-state index < -0.39 is 22.3 Å². The van der Waals surface area contributed by atoms with Gasteiger partial charge in [-0.05, 0) is 24.3 Å². The minimum atomic E-state index is -0.625. The molecule has 0 atom stereocenters. The second kappa shape index (κ2) is 7.73. The minimum Gasteiger partial charge on any atom is -0.503 e. The van der Waals surface area contributed by atoms with E-state index in [1.807, 2.05) is 0 Å². The second-order valence-corrected chi connectivity index (χ2v) is 7.98. The highest BCUT2D eigenvalue weighted by Gasteiger charge is 2.31. The fraction of sp³-hybridized carbons (Fsp3) is 0. The van der Waals surface area contributed by atoms with Crippen molar-refractivity contribution in [2.24, 2.45) is 0 Å². The van der Waals surface area contributed by atoms with Crippen molar-refractivity contribution in [3.8, 4) is 28.0 Å². The smallest absolute Gasteiger partial charge is 0.270 e. The van der Waals surface area contributed by atoms with Gasteiger partial charge in [-0.1, -0.05) is 28.1 Å². The Bertz CT molecular complexity index is 1270. The van der Waals surface area contributed by atoms with Crippen LogP contribution in [0.3, 0.4) is 0 Å². The molecule has 0 aliphatic heterocycles. The number of hydrogen-bond acceptors (Lipinski definition) is 7. The number of hydrogen-bond donors (Lipinski definition) is 2. The molecule has 0 fully saturated rings. The van der Waals surface area contributed by atoms with Crippen molar-refractivity contribution in [3.63, 3.8) is 0 Å². The third-order valence-corrected chi connectivity index (χ3v) is 5.68. The van der Waals surface area contributed by atoms with Crippen molar-refractivity contribution in [3.05, 3.63) is 85.8 Å². The third-order valence-electron chi connectivity index (χ3n) is 4.40. The summed E-state index contributed by atoms with van der Waals surface area (Å²) in [4.78, 5) is 28.1. The van der Waals surface area contributed by atoms with Crippen molar-refractivity contribution in [2.45, 2.75) is 0 Å². The molecule has 2 aromatic heterocycles. The van der Waals surface area contributed by atoms with Crippen molar-refractivity contribution in [2.75, 3.05) is 0 Å². The molecule has 0 aliphatic rings. The van der Waals surface area contributed by atoms with Crippen LogP contribution in [0.25, 0.3) is 16.4 Å². The molecule has 0 amide bonds. The van der Waals surface area contributed by atoms with E-state index in [0.29, 0.717) is 5.13 Å². The van der Waals surface area contributed by atoms with Crippen molar-refractivity contribution < 1.29 is 19.9 Å². The van der Waals surface area contributed by atoms with Gasteiger partial charge in [0, 0.05) is 39.3 Å². The number of ketones is 1. The summed E-state index contributed by atoms with van der Waals surface area (Å²) in [5, 5.41) is 34.5. The van der Waals surface area contributed by atoms with Crippen molar-refractivity contribution >= 4 is 38.7 Å². The number of nitro groups is 1. The van der Waals surface area contributed by atoms with Crippen molar-refractivity contribution in [1.82, 2.24) is 9.55 Å². The molecule has 10 heteroatoms. The summed E-state index contributed by atoms with van der Waals surface area (Å²) >= 11 is 4.47. The zero-order chi connectivity index (χ0) is 21.4. The largest absolute Gasteiger partial charge is 0.503 e. The fourth-order valence-corrected chi connectivity index (χ4v) is 3.97. The monoisotopic (exact) mass is 485 g/mol. The Labute approximate surface area is 182 Å². The average molecular weight is 486 g/mol. The van der Waals surface area contributed by atoms with Crippen LogP contribution in [0.2, 0.25) is 0 Å². The van der Waals surface area contributed by atoms with Gasteiger partial charge in [0.25, 0.3) is 5.69 Å². The standard InChI is InChI=1S/C20H12BrN3O5S/c21-13-6-4-11(5-7-13)17(25)15-16(12-2-1-3-14(10-12)24(28)29)23(19(27)18(15)26)20-22-8-9-30-20/h1-10,26-27H. The molecule has 4 aromatic rings. The van der Waals surface area contributed by atoms with E-state index in [0.717, 1.165) is 4.47 Å². The van der Waals surface area contributed by atoms with Gasteiger partial charge in [-0.15, -0.1) is 11.3 Å². The maximum atomic E-state index is 13.3. The highest BCUT2D eigenvalue weighted by Crippen LogP contribution is 2.44. The van der Waals surface area contributed by atoms with E-state index in [9.17, 15) is 25.1 Å². The molecule has 8 nitrogen and oxygen atoms in total. The van der Waals surface area contributed by atoms with Gasteiger partial charge >= 0.3 is 0 Å². The minimum absolute atomic E-state index is 0.108. The van der Waals surface area contributed by atoms with E-state index in [1.54, 1.807) is 35.7 Å². The van der Waals surface area contributed by atoms with Gasteiger partial charge in [0.15, 0.2) is 16.7 Å². The molecule has 0 aliphatic carbocycles. The summed E-state index contributed by atoms with van der Waals surface area (Å²) in [6.45, 7) is 0. The van der Waals surface area contributed by atoms with Crippen molar-refractivity contribution in [1.29, 1.82) is 0 Å². The number of rotatable bonds is 5. The van der Waals surface area contributed by atoms with Crippen LogP contribution in [0.5, 0.6) is 11.6 Å². The molecule has 30 heavy (non-hydrogen) atoms. The average Bonchev–Trinajstić information content (AvgIpc) is 3.35. The zero-order valence-corrected chi connectivity index (χ0v) is 17.4. The fourth-order valence-electron chi connectivity index (χ4n) is 3.06. The van der Waals surface area contributed by atoms with Gasteiger partial charge < -0.3 is 10.2 Å². The van der Waals surface area contributed by atoms with Crippen LogP contribution in [-0.2, 0) is 0 Å². The quantitative estimate of drug-likeness (QED) is 0.235. The lowest BCUT2D eigenvalue weighted by atomic mass is 9.99. The first-order chi connectivity index (χ1) is 14.4. The molecule has 0 unspecified atom stereocenters. The number of thiazole rings is 1. The SMILES string of the molecule is O=C(c1ccc(Br)cc1)c1c(O)c(O)n(-c2nccs2)c1-c1cccc([N+](=O)[O-])c1. The predicted molar refractivity (Wildman–Crippen MR) is 114 cm³/mol. The van der Waals surface area contributed by atoms with Crippen LogP contribution in [0, 0.1) is 10.1 Å². The van der Waals surface area contributed by atoms with Gasteiger partial charge in [0.05, 0.1) is 16.2 Å². The third kappa shape index (κ3) is 3.36. The molecule has 0 saturated heterocycles. The number of non-ortho nitro benzene ring substituents is 1. The van der Waals surface area contributed by atoms with Crippen LogP contribution in [0.4, 0.5) is 5.69 Å². The molecule has 2 aromatic carbocycles. The van der Waals surface area contributed by atoms with Crippen LogP contribution in [0.15, 0.2) is 64.6 Å². The topological polar surface area (TPSA) is 118 Å². The number of aromatic hydroxyl groups is 2. The second-order valence-electron chi connectivity index (χ2n) is 6.19. The Kier molecular flexibility index (Phi) is 5.10. The maximum Gasteiger partial charge on any atom is 0.270 e. The first-order valence-corrected chi connectivity index (χ1v) is 10.2. The van der Waals surface area contributed by atoms with E-state index >= 15 is 0 Å². The molecule has 0 radical (unpaired) electrons. The Morgan fingerprint density at radius 3 is 2.53 bits per heavy atom. The van der Waals surface area contributed by atoms with Crippen LogP contribution in [0.1, 0.15) is 15.9 Å². The molecule has 0 saturated carbocycles. The molecule has 150 valence electrons. The van der Waals surface area contributed by atoms with E-state index in [4.69, 9.17) is 0 Å². The normalized spacial score (nSPS) is 10.8. The van der Waals surface area contributed by atoms with Gasteiger partial charge in [-0.25, -0.2) is 4.98 Å². The highest BCUT2D eigenvalue weighted by atomic mass is 79.9. The Hall–Kier alpha value is -3.50. The number of benzene rings is 2. The summed E-state index contributed by atoms with van der Waals surface area (Å²) in [5.74, 6) is -1.75. The van der Waals surface area contributed by atoms with Crippen LogP contribution < -0.4 is 0 Å². The maximum absolute atomic E-state index is 13.3. The Morgan fingerprint density at radius 2 is 1.90 bits per heavy atom. The van der Waals surface area contributed by atoms with Gasteiger partial charge in [0.2, 0.25) is 5.88 Å². The molecule has 2 heterocycles. The van der Waals surface area contributed by atoms with E-state index in [-0.39, 0.29) is 28.1 Å². The van der Waals surface area contributed by atoms with Crippen LogP contribution >= 0.6 is 27.3 Å². The molecular formula is C20H12BrN3O5S. The first kappa shape index (κ1) is 19.8. The van der Waals surface area contributed by atoms with Gasteiger partial charge in [0.1, 0.15) is 0 Å². The number of nitrogens with zero attached hydrogens (tertiary/aromatic N) is 3. The first-order valence-electron chi connectivity index (χ1n) is 8.50. The Morgan fingerprint density at radius 1 is 1.17 bits per heavy atom. The van der Waals surface area contributed by atoms with E-state index in [1.165, 1.54) is 40.3 Å². The summed E-state index contributed by atoms with van der Waals surface area (Å²) in [5.41, 5.74) is 0.287. The zero-order valence-electron chi connectivity index (χ0n) is 15.0. The lowest BCUT2D eigenvalue weighted by Crippen LogP contribution is -2.05. The molecular weight excluding hydrogens is 474 g/mol. The summed E-state index contributed by atoms with van der Waals surface area (Å²) < 4.78 is 1.98.